The van der Waals surface area contributed by atoms with Crippen molar-refractivity contribution in [2.24, 2.45) is 0 Å². The predicted octanol–water partition coefficient (Wildman–Crippen LogP) is 3.22. The molecule has 14 heavy (non-hydrogen) atoms. The quantitative estimate of drug-likeness (QED) is 0.610. The van der Waals surface area contributed by atoms with E-state index in [1.165, 1.54) is 12.6 Å². The SMILES string of the molecule is O=[C]c1c(Cl)c(Cl)c(Cl)c(Cl)c1[C]=O. The second kappa shape index (κ2) is 4.49. The summed E-state index contributed by atoms with van der Waals surface area (Å²) in [6.07, 6.45) is 2.90. The van der Waals surface area contributed by atoms with Crippen LogP contribution in [0.25, 0.3) is 0 Å². The molecule has 6 heteroatoms. The molecule has 0 N–H and O–H groups in total. The molecule has 0 saturated carbocycles. The van der Waals surface area contributed by atoms with E-state index in [4.69, 9.17) is 46.4 Å². The van der Waals surface area contributed by atoms with Crippen molar-refractivity contribution in [2.45, 2.75) is 0 Å². The van der Waals surface area contributed by atoms with Crippen LogP contribution in [-0.2, 0) is 9.59 Å². The maximum atomic E-state index is 10.5. The lowest BCUT2D eigenvalue weighted by Crippen LogP contribution is -1.96. The fourth-order valence-electron chi connectivity index (χ4n) is 0.823. The summed E-state index contributed by atoms with van der Waals surface area (Å²) in [6.45, 7) is 0. The monoisotopic (exact) mass is 268 g/mol. The molecule has 0 saturated heterocycles. The van der Waals surface area contributed by atoms with Crippen LogP contribution >= 0.6 is 46.4 Å². The van der Waals surface area contributed by atoms with E-state index < -0.39 is 0 Å². The van der Waals surface area contributed by atoms with Gasteiger partial charge in [-0.2, -0.15) is 0 Å². The Kier molecular flexibility index (Phi) is 3.78. The smallest absolute Gasteiger partial charge is 0.235 e. The van der Waals surface area contributed by atoms with Gasteiger partial charge in [-0.15, -0.1) is 0 Å². The van der Waals surface area contributed by atoms with E-state index in [2.05, 4.69) is 0 Å². The highest BCUT2D eigenvalue weighted by atomic mass is 35.5. The van der Waals surface area contributed by atoms with Gasteiger partial charge in [-0.05, 0) is 0 Å². The standard InChI is InChI=1S/C8Cl4O2/c9-5-3(1-13)4(2-14)6(10)8(12)7(5)11. The molecule has 0 fully saturated rings. The van der Waals surface area contributed by atoms with Crippen molar-refractivity contribution >= 4 is 59.0 Å². The first-order chi connectivity index (χ1) is 6.54. The van der Waals surface area contributed by atoms with Gasteiger partial charge in [0.1, 0.15) is 0 Å². The van der Waals surface area contributed by atoms with Crippen molar-refractivity contribution in [3.8, 4) is 0 Å². The fraction of sp³-hybridized carbons (Fsp3) is 0. The normalized spacial score (nSPS) is 10.0. The van der Waals surface area contributed by atoms with Crippen LogP contribution in [0.5, 0.6) is 0 Å². The number of halogens is 4. The van der Waals surface area contributed by atoms with Gasteiger partial charge in [0, 0.05) is 0 Å². The topological polar surface area (TPSA) is 34.1 Å². The molecule has 0 heterocycles. The Bertz CT molecular complexity index is 376. The van der Waals surface area contributed by atoms with Crippen molar-refractivity contribution in [2.75, 3.05) is 0 Å². The molecule has 0 spiro atoms. The van der Waals surface area contributed by atoms with Crippen molar-refractivity contribution < 1.29 is 9.59 Å². The van der Waals surface area contributed by atoms with E-state index >= 15 is 0 Å². The van der Waals surface area contributed by atoms with Crippen LogP contribution in [0.1, 0.15) is 11.1 Å². The summed E-state index contributed by atoms with van der Waals surface area (Å²) in [7, 11) is 0. The summed E-state index contributed by atoms with van der Waals surface area (Å²) >= 11 is 22.6. The maximum absolute atomic E-state index is 10.5. The summed E-state index contributed by atoms with van der Waals surface area (Å²) in [6, 6.07) is 0. The summed E-state index contributed by atoms with van der Waals surface area (Å²) in [5, 5.41) is -0.491. The van der Waals surface area contributed by atoms with E-state index in [1.807, 2.05) is 0 Å². The molecule has 72 valence electrons. The fourth-order valence-corrected chi connectivity index (χ4v) is 1.75. The molecule has 1 rings (SSSR count). The van der Waals surface area contributed by atoms with Gasteiger partial charge < -0.3 is 0 Å². The minimum Gasteiger partial charge on any atom is -0.285 e. The molecule has 0 unspecified atom stereocenters. The van der Waals surface area contributed by atoms with Crippen LogP contribution in [0.2, 0.25) is 20.1 Å². The second-order valence-corrected chi connectivity index (χ2v) is 3.72. The Labute approximate surface area is 99.7 Å². The van der Waals surface area contributed by atoms with Crippen molar-refractivity contribution in [1.82, 2.24) is 0 Å². The van der Waals surface area contributed by atoms with E-state index in [0.29, 0.717) is 0 Å². The Hall–Kier alpha value is -0.280. The average molecular weight is 270 g/mol. The van der Waals surface area contributed by atoms with E-state index in [1.54, 1.807) is 0 Å². The van der Waals surface area contributed by atoms with Crippen LogP contribution in [-0.4, -0.2) is 12.6 Å². The van der Waals surface area contributed by atoms with Gasteiger partial charge in [0.25, 0.3) is 0 Å². The minimum absolute atomic E-state index is 0.0873. The third-order valence-electron chi connectivity index (χ3n) is 1.47. The molecule has 2 radical (unpaired) electrons. The van der Waals surface area contributed by atoms with Crippen LogP contribution in [0.3, 0.4) is 0 Å². The summed E-state index contributed by atoms with van der Waals surface area (Å²) in [4.78, 5) is 20.9. The first-order valence-electron chi connectivity index (χ1n) is 3.16. The number of hydrogen-bond acceptors (Lipinski definition) is 2. The molecule has 0 aliphatic carbocycles. The van der Waals surface area contributed by atoms with Crippen LogP contribution < -0.4 is 0 Å². The lowest BCUT2D eigenvalue weighted by Gasteiger charge is -2.06. The van der Waals surface area contributed by atoms with Gasteiger partial charge in [0.15, 0.2) is 0 Å². The highest BCUT2D eigenvalue weighted by Crippen LogP contribution is 2.39. The maximum Gasteiger partial charge on any atom is 0.235 e. The number of benzene rings is 1. The molecule has 2 nitrogen and oxygen atoms in total. The molecule has 0 bridgehead atoms. The lowest BCUT2D eigenvalue weighted by atomic mass is 10.1. The predicted molar refractivity (Wildman–Crippen MR) is 56.1 cm³/mol. The molecule has 0 aliphatic heterocycles. The van der Waals surface area contributed by atoms with Crippen molar-refractivity contribution in [1.29, 1.82) is 0 Å². The largest absolute Gasteiger partial charge is 0.285 e. The molecule has 0 aromatic heterocycles. The number of rotatable bonds is 2. The first-order valence-corrected chi connectivity index (χ1v) is 4.68. The third kappa shape index (κ3) is 1.75. The third-order valence-corrected chi connectivity index (χ3v) is 3.27. The Morgan fingerprint density at radius 2 is 0.929 bits per heavy atom. The van der Waals surface area contributed by atoms with Gasteiger partial charge in [-0.3, -0.25) is 9.59 Å². The van der Waals surface area contributed by atoms with Gasteiger partial charge in [-0.25, -0.2) is 0 Å². The first kappa shape index (κ1) is 11.8. The molecular formula is C8Cl4O2. The van der Waals surface area contributed by atoms with Crippen LogP contribution in [0.15, 0.2) is 0 Å². The summed E-state index contributed by atoms with van der Waals surface area (Å²) in [5.41, 5.74) is -0.470. The van der Waals surface area contributed by atoms with Gasteiger partial charge in [0.2, 0.25) is 12.6 Å². The molecule has 0 aliphatic rings. The zero-order valence-corrected chi connectivity index (χ0v) is 9.35. The average Bonchev–Trinajstić information content (AvgIpc) is 2.20. The second-order valence-electron chi connectivity index (χ2n) is 2.21. The Morgan fingerprint density at radius 3 is 1.14 bits per heavy atom. The summed E-state index contributed by atoms with van der Waals surface area (Å²) in [5.74, 6) is 0. The zero-order valence-electron chi connectivity index (χ0n) is 6.33. The van der Waals surface area contributed by atoms with Gasteiger partial charge in [-0.1, -0.05) is 46.4 Å². The number of hydrogen-bond donors (Lipinski definition) is 0. The molecule has 1 aromatic carbocycles. The Balaban J connectivity index is 3.73. The molecular weight excluding hydrogens is 270 g/mol. The summed E-state index contributed by atoms with van der Waals surface area (Å²) < 4.78 is 0. The Morgan fingerprint density at radius 1 is 0.643 bits per heavy atom. The van der Waals surface area contributed by atoms with E-state index in [-0.39, 0.29) is 31.2 Å². The van der Waals surface area contributed by atoms with E-state index in [0.717, 1.165) is 0 Å². The van der Waals surface area contributed by atoms with E-state index in [9.17, 15) is 9.59 Å². The van der Waals surface area contributed by atoms with Crippen molar-refractivity contribution in [3.63, 3.8) is 0 Å². The van der Waals surface area contributed by atoms with Gasteiger partial charge in [0.05, 0.1) is 31.2 Å². The molecule has 0 atom stereocenters. The van der Waals surface area contributed by atoms with Gasteiger partial charge >= 0.3 is 0 Å². The molecule has 0 amide bonds. The highest BCUT2D eigenvalue weighted by molar-refractivity contribution is 6.53. The van der Waals surface area contributed by atoms with Crippen LogP contribution in [0.4, 0.5) is 0 Å². The lowest BCUT2D eigenvalue weighted by molar-refractivity contribution is 0.558. The zero-order chi connectivity index (χ0) is 10.9. The molecule has 1 aromatic rings. The number of carbonyl (C=O) groups excluding carboxylic acids is 2. The minimum atomic E-state index is -0.235. The highest BCUT2D eigenvalue weighted by Gasteiger charge is 2.20. The van der Waals surface area contributed by atoms with Crippen LogP contribution in [0, 0.1) is 0 Å². The van der Waals surface area contributed by atoms with Crippen molar-refractivity contribution in [3.05, 3.63) is 31.2 Å².